The first-order chi connectivity index (χ1) is 10.2. The van der Waals surface area contributed by atoms with Crippen LogP contribution in [0.4, 0.5) is 0 Å². The Hall–Kier alpha value is -1.02. The maximum atomic E-state index is 6.32. The first-order valence-electron chi connectivity index (χ1n) is 7.50. The molecule has 110 valence electrons. The Morgan fingerprint density at radius 3 is 2.76 bits per heavy atom. The second-order valence-electron chi connectivity index (χ2n) is 5.58. The van der Waals surface area contributed by atoms with Crippen LogP contribution in [0.2, 0.25) is 10.0 Å². The lowest BCUT2D eigenvalue weighted by Gasteiger charge is -2.14. The molecule has 0 aromatic heterocycles. The number of halogens is 2. The summed E-state index contributed by atoms with van der Waals surface area (Å²) in [4.78, 5) is 0. The number of hydrogen-bond donors (Lipinski definition) is 1. The first-order valence-corrected chi connectivity index (χ1v) is 8.26. The summed E-state index contributed by atoms with van der Waals surface area (Å²) in [6, 6.07) is 12.9. The highest BCUT2D eigenvalue weighted by molar-refractivity contribution is 6.36. The molecule has 1 unspecified atom stereocenters. The quantitative estimate of drug-likeness (QED) is 0.768. The summed E-state index contributed by atoms with van der Waals surface area (Å²) in [7, 11) is 0. The molecule has 21 heavy (non-hydrogen) atoms. The molecule has 0 fully saturated rings. The van der Waals surface area contributed by atoms with Gasteiger partial charge in [-0.2, -0.15) is 0 Å². The molecule has 0 aliphatic heterocycles. The van der Waals surface area contributed by atoms with Crippen LogP contribution in [-0.2, 0) is 6.42 Å². The van der Waals surface area contributed by atoms with E-state index >= 15 is 0 Å². The fraction of sp³-hybridized carbons (Fsp3) is 0.333. The molecule has 1 aliphatic rings. The molecule has 0 amide bonds. The lowest BCUT2D eigenvalue weighted by molar-refractivity contribution is 0.529. The minimum atomic E-state index is 0.509. The highest BCUT2D eigenvalue weighted by Crippen LogP contribution is 2.36. The molecule has 1 aliphatic carbocycles. The van der Waals surface area contributed by atoms with Gasteiger partial charge < -0.3 is 5.32 Å². The molecule has 3 heteroatoms. The van der Waals surface area contributed by atoms with Gasteiger partial charge in [0.25, 0.3) is 0 Å². The minimum absolute atomic E-state index is 0.509. The van der Waals surface area contributed by atoms with Gasteiger partial charge >= 0.3 is 0 Å². The van der Waals surface area contributed by atoms with Gasteiger partial charge in [-0.05, 0) is 54.6 Å². The molecule has 2 aromatic carbocycles. The van der Waals surface area contributed by atoms with Crippen LogP contribution in [0.25, 0.3) is 11.1 Å². The predicted octanol–water partition coefficient (Wildman–Crippen LogP) is 5.65. The van der Waals surface area contributed by atoms with Crippen LogP contribution in [-0.4, -0.2) is 6.54 Å². The third kappa shape index (κ3) is 3.11. The molecule has 0 bridgehead atoms. The Morgan fingerprint density at radius 2 is 2.00 bits per heavy atom. The smallest absolute Gasteiger partial charge is 0.0499 e. The van der Waals surface area contributed by atoms with Crippen molar-refractivity contribution >= 4 is 23.2 Å². The average molecular weight is 320 g/mol. The molecule has 2 aromatic rings. The molecule has 0 saturated heterocycles. The van der Waals surface area contributed by atoms with Gasteiger partial charge in [0, 0.05) is 21.7 Å². The van der Waals surface area contributed by atoms with Crippen molar-refractivity contribution in [1.29, 1.82) is 0 Å². The van der Waals surface area contributed by atoms with Crippen molar-refractivity contribution in [3.8, 4) is 11.1 Å². The molecular formula is C18H19Cl2N. The lowest BCUT2D eigenvalue weighted by atomic mass is 9.99. The van der Waals surface area contributed by atoms with Crippen LogP contribution < -0.4 is 5.32 Å². The number of fused-ring (bicyclic) bond motifs is 1. The van der Waals surface area contributed by atoms with E-state index in [4.69, 9.17) is 23.2 Å². The van der Waals surface area contributed by atoms with E-state index in [1.165, 1.54) is 29.5 Å². The fourth-order valence-corrected chi connectivity index (χ4v) is 3.56. The second-order valence-corrected chi connectivity index (χ2v) is 6.43. The zero-order valence-electron chi connectivity index (χ0n) is 12.1. The molecule has 0 heterocycles. The van der Waals surface area contributed by atoms with Crippen LogP contribution in [0, 0.1) is 0 Å². The fourth-order valence-electron chi connectivity index (χ4n) is 3.04. The van der Waals surface area contributed by atoms with E-state index in [1.807, 2.05) is 12.1 Å². The highest BCUT2D eigenvalue weighted by Gasteiger charge is 2.22. The molecule has 0 saturated carbocycles. The van der Waals surface area contributed by atoms with E-state index in [0.717, 1.165) is 18.5 Å². The molecule has 0 radical (unpaired) electrons. The number of rotatable bonds is 4. The maximum Gasteiger partial charge on any atom is 0.0499 e. The van der Waals surface area contributed by atoms with Crippen molar-refractivity contribution < 1.29 is 0 Å². The summed E-state index contributed by atoms with van der Waals surface area (Å²) in [6.07, 6.45) is 3.49. The summed E-state index contributed by atoms with van der Waals surface area (Å²) in [5, 5.41) is 5.01. The second kappa shape index (κ2) is 6.39. The van der Waals surface area contributed by atoms with E-state index in [2.05, 4.69) is 30.4 Å². The van der Waals surface area contributed by atoms with E-state index < -0.39 is 0 Å². The average Bonchev–Trinajstić information content (AvgIpc) is 2.87. The summed E-state index contributed by atoms with van der Waals surface area (Å²) in [5.41, 5.74) is 5.10. The Morgan fingerprint density at radius 1 is 1.14 bits per heavy atom. The van der Waals surface area contributed by atoms with E-state index in [9.17, 15) is 0 Å². The highest BCUT2D eigenvalue weighted by atomic mass is 35.5. The summed E-state index contributed by atoms with van der Waals surface area (Å²) in [5.74, 6) is 0. The third-order valence-electron chi connectivity index (χ3n) is 4.10. The maximum absolute atomic E-state index is 6.32. The van der Waals surface area contributed by atoms with E-state index in [-0.39, 0.29) is 0 Å². The van der Waals surface area contributed by atoms with Crippen LogP contribution in [0.15, 0.2) is 36.4 Å². The van der Waals surface area contributed by atoms with Gasteiger partial charge in [0.05, 0.1) is 0 Å². The molecule has 1 N–H and O–H groups in total. The van der Waals surface area contributed by atoms with Crippen molar-refractivity contribution in [3.05, 3.63) is 57.6 Å². The van der Waals surface area contributed by atoms with Crippen LogP contribution in [0.3, 0.4) is 0 Å². The van der Waals surface area contributed by atoms with Crippen molar-refractivity contribution in [1.82, 2.24) is 5.32 Å². The van der Waals surface area contributed by atoms with Crippen LogP contribution in [0.1, 0.15) is 36.9 Å². The SMILES string of the molecule is CCCNC1CCc2cc(-c3ccc(Cl)cc3Cl)ccc21. The largest absolute Gasteiger partial charge is 0.310 e. The van der Waals surface area contributed by atoms with Crippen molar-refractivity contribution in [2.45, 2.75) is 32.2 Å². The number of nitrogens with one attached hydrogen (secondary N) is 1. The number of benzene rings is 2. The Labute approximate surface area is 136 Å². The standard InChI is InChI=1S/C18H19Cl2N/c1-2-9-21-18-8-4-13-10-12(3-6-16(13)18)15-7-5-14(19)11-17(15)20/h3,5-7,10-11,18,21H,2,4,8-9H2,1H3. The zero-order chi connectivity index (χ0) is 14.8. The van der Waals surface area contributed by atoms with Crippen molar-refractivity contribution in [3.63, 3.8) is 0 Å². The van der Waals surface area contributed by atoms with Gasteiger partial charge in [-0.1, -0.05) is 54.4 Å². The Balaban J connectivity index is 1.90. The summed E-state index contributed by atoms with van der Waals surface area (Å²) in [6.45, 7) is 3.28. The van der Waals surface area contributed by atoms with Crippen LogP contribution in [0.5, 0.6) is 0 Å². The van der Waals surface area contributed by atoms with Crippen molar-refractivity contribution in [2.75, 3.05) is 6.54 Å². The normalized spacial score (nSPS) is 17.0. The number of hydrogen-bond acceptors (Lipinski definition) is 1. The van der Waals surface area contributed by atoms with E-state index in [0.29, 0.717) is 16.1 Å². The molecule has 3 rings (SSSR count). The zero-order valence-corrected chi connectivity index (χ0v) is 13.6. The van der Waals surface area contributed by atoms with Gasteiger partial charge in [-0.15, -0.1) is 0 Å². The van der Waals surface area contributed by atoms with Crippen molar-refractivity contribution in [2.24, 2.45) is 0 Å². The minimum Gasteiger partial charge on any atom is -0.310 e. The monoisotopic (exact) mass is 319 g/mol. The molecule has 1 atom stereocenters. The van der Waals surface area contributed by atoms with Gasteiger partial charge in [0.2, 0.25) is 0 Å². The Kier molecular flexibility index (Phi) is 4.54. The lowest BCUT2D eigenvalue weighted by Crippen LogP contribution is -2.19. The van der Waals surface area contributed by atoms with Crippen LogP contribution >= 0.6 is 23.2 Å². The molecular weight excluding hydrogens is 301 g/mol. The summed E-state index contributed by atoms with van der Waals surface area (Å²) >= 11 is 12.3. The Bertz CT molecular complexity index is 652. The number of aryl methyl sites for hydroxylation is 1. The summed E-state index contributed by atoms with van der Waals surface area (Å²) < 4.78 is 0. The van der Waals surface area contributed by atoms with E-state index in [1.54, 1.807) is 6.07 Å². The predicted molar refractivity (Wildman–Crippen MR) is 91.3 cm³/mol. The van der Waals surface area contributed by atoms with Gasteiger partial charge in [-0.3, -0.25) is 0 Å². The first kappa shape index (κ1) is 14.9. The van der Waals surface area contributed by atoms with Gasteiger partial charge in [0.1, 0.15) is 0 Å². The molecule has 1 nitrogen and oxygen atoms in total. The topological polar surface area (TPSA) is 12.0 Å². The molecule has 0 spiro atoms. The van der Waals surface area contributed by atoms with Gasteiger partial charge in [-0.25, -0.2) is 0 Å². The third-order valence-corrected chi connectivity index (χ3v) is 4.65. The van der Waals surface area contributed by atoms with Gasteiger partial charge in [0.15, 0.2) is 0 Å².